The molecule has 3 nitrogen and oxygen atoms in total. The van der Waals surface area contributed by atoms with Crippen molar-refractivity contribution in [3.8, 4) is 0 Å². The minimum atomic E-state index is -2.42. The van der Waals surface area contributed by atoms with E-state index in [2.05, 4.69) is 28.5 Å². The van der Waals surface area contributed by atoms with Crippen molar-refractivity contribution in [3.05, 3.63) is 0 Å². The molecule has 2 saturated heterocycles. The molecule has 0 unspecified atom stereocenters. The molecular formula is C14H27F2N3. The van der Waals surface area contributed by atoms with E-state index in [1.54, 1.807) is 0 Å². The van der Waals surface area contributed by atoms with Crippen molar-refractivity contribution in [1.29, 1.82) is 0 Å². The molecule has 0 aliphatic carbocycles. The van der Waals surface area contributed by atoms with Crippen LogP contribution in [0.2, 0.25) is 0 Å². The Morgan fingerprint density at radius 1 is 0.842 bits per heavy atom. The van der Waals surface area contributed by atoms with Crippen LogP contribution in [0.5, 0.6) is 0 Å². The zero-order valence-electron chi connectivity index (χ0n) is 12.2. The first-order chi connectivity index (χ1) is 8.96. The molecule has 0 radical (unpaired) electrons. The molecule has 112 valence electrons. The number of nitrogens with zero attached hydrogens (tertiary/aromatic N) is 3. The lowest BCUT2D eigenvalue weighted by molar-refractivity contribution is -0.0564. The van der Waals surface area contributed by atoms with E-state index in [-0.39, 0.29) is 12.8 Å². The van der Waals surface area contributed by atoms with Gasteiger partial charge in [-0.3, -0.25) is 9.80 Å². The quantitative estimate of drug-likeness (QED) is 0.774. The van der Waals surface area contributed by atoms with Crippen LogP contribution in [0.1, 0.15) is 26.7 Å². The van der Waals surface area contributed by atoms with Crippen molar-refractivity contribution < 1.29 is 8.78 Å². The fourth-order valence-electron chi connectivity index (χ4n) is 2.89. The maximum Gasteiger partial charge on any atom is 0.250 e. The molecule has 0 aromatic rings. The molecule has 19 heavy (non-hydrogen) atoms. The number of rotatable bonds is 4. The molecule has 0 saturated carbocycles. The van der Waals surface area contributed by atoms with Gasteiger partial charge in [0.05, 0.1) is 0 Å². The lowest BCUT2D eigenvalue weighted by Gasteiger charge is -2.38. The van der Waals surface area contributed by atoms with E-state index in [1.165, 1.54) is 0 Å². The molecule has 0 bridgehead atoms. The number of hydrogen-bond acceptors (Lipinski definition) is 3. The van der Waals surface area contributed by atoms with Crippen molar-refractivity contribution in [3.63, 3.8) is 0 Å². The summed E-state index contributed by atoms with van der Waals surface area (Å²) in [6.07, 6.45) is 0.0717. The maximum atomic E-state index is 13.0. The molecule has 2 aliphatic rings. The summed E-state index contributed by atoms with van der Waals surface area (Å²) in [6.45, 7) is 12.1. The molecule has 0 N–H and O–H groups in total. The first-order valence-electron chi connectivity index (χ1n) is 7.53. The SMILES string of the molecule is CC(C)N1CCN(CCN2CCC(F)(F)CC2)CC1. The summed E-state index contributed by atoms with van der Waals surface area (Å²) in [4.78, 5) is 7.15. The second-order valence-corrected chi connectivity index (χ2v) is 6.17. The molecule has 0 amide bonds. The van der Waals surface area contributed by atoms with Gasteiger partial charge in [-0.25, -0.2) is 8.78 Å². The standard InChI is InChI=1S/C14H27F2N3/c1-13(2)19-11-9-18(10-12-19)8-7-17-5-3-14(15,16)4-6-17/h13H,3-12H2,1-2H3. The summed E-state index contributed by atoms with van der Waals surface area (Å²) in [5.74, 6) is -2.42. The molecule has 5 heteroatoms. The fraction of sp³-hybridized carbons (Fsp3) is 1.00. The van der Waals surface area contributed by atoms with Crippen LogP contribution in [0.15, 0.2) is 0 Å². The molecule has 0 spiro atoms. The third-order valence-corrected chi connectivity index (χ3v) is 4.46. The zero-order chi connectivity index (χ0) is 13.9. The molecule has 2 aliphatic heterocycles. The van der Waals surface area contributed by atoms with E-state index >= 15 is 0 Å². The van der Waals surface area contributed by atoms with Crippen molar-refractivity contribution >= 4 is 0 Å². The topological polar surface area (TPSA) is 9.72 Å². The number of likely N-dealkylation sites (tertiary alicyclic amines) is 1. The van der Waals surface area contributed by atoms with Gasteiger partial charge in [0.2, 0.25) is 0 Å². The van der Waals surface area contributed by atoms with E-state index in [4.69, 9.17) is 0 Å². The predicted molar refractivity (Wildman–Crippen MR) is 73.8 cm³/mol. The minimum Gasteiger partial charge on any atom is -0.302 e. The molecule has 2 fully saturated rings. The van der Waals surface area contributed by atoms with Gasteiger partial charge in [0.1, 0.15) is 0 Å². The smallest absolute Gasteiger partial charge is 0.250 e. The van der Waals surface area contributed by atoms with Gasteiger partial charge >= 0.3 is 0 Å². The second-order valence-electron chi connectivity index (χ2n) is 6.17. The van der Waals surface area contributed by atoms with Gasteiger partial charge in [-0.2, -0.15) is 0 Å². The van der Waals surface area contributed by atoms with E-state index in [9.17, 15) is 8.78 Å². The lowest BCUT2D eigenvalue weighted by atomic mass is 10.1. The molecule has 2 rings (SSSR count). The Morgan fingerprint density at radius 2 is 1.32 bits per heavy atom. The highest BCUT2D eigenvalue weighted by atomic mass is 19.3. The Kier molecular flexibility index (Phi) is 5.15. The zero-order valence-corrected chi connectivity index (χ0v) is 12.2. The third-order valence-electron chi connectivity index (χ3n) is 4.46. The van der Waals surface area contributed by atoms with Crippen molar-refractivity contribution in [2.75, 3.05) is 52.4 Å². The number of alkyl halides is 2. The first kappa shape index (κ1) is 15.1. The summed E-state index contributed by atoms with van der Waals surface area (Å²) < 4.78 is 26.1. The normalized spacial score (nSPS) is 27.0. The molecule has 0 atom stereocenters. The van der Waals surface area contributed by atoms with Crippen molar-refractivity contribution in [2.45, 2.75) is 38.7 Å². The summed E-state index contributed by atoms with van der Waals surface area (Å²) in [5.41, 5.74) is 0. The summed E-state index contributed by atoms with van der Waals surface area (Å²) in [6, 6.07) is 0.631. The van der Waals surface area contributed by atoms with Crippen LogP contribution in [0.3, 0.4) is 0 Å². The number of piperidine rings is 1. The van der Waals surface area contributed by atoms with Crippen molar-refractivity contribution in [2.24, 2.45) is 0 Å². The number of hydrogen-bond donors (Lipinski definition) is 0. The average Bonchev–Trinajstić information content (AvgIpc) is 2.38. The van der Waals surface area contributed by atoms with Crippen LogP contribution in [0.25, 0.3) is 0 Å². The fourth-order valence-corrected chi connectivity index (χ4v) is 2.89. The minimum absolute atomic E-state index is 0.0358. The van der Waals surface area contributed by atoms with E-state index in [1.807, 2.05) is 0 Å². The van der Waals surface area contributed by atoms with Crippen LogP contribution in [0, 0.1) is 0 Å². The van der Waals surface area contributed by atoms with Gasteiger partial charge in [-0.15, -0.1) is 0 Å². The Balaban J connectivity index is 1.62. The highest BCUT2D eigenvalue weighted by molar-refractivity contribution is 4.79. The molecule has 0 aromatic carbocycles. The largest absolute Gasteiger partial charge is 0.302 e. The predicted octanol–water partition coefficient (Wildman–Crippen LogP) is 1.74. The van der Waals surface area contributed by atoms with Gasteiger partial charge < -0.3 is 4.90 Å². The van der Waals surface area contributed by atoms with Crippen LogP contribution in [-0.4, -0.2) is 79.0 Å². The highest BCUT2D eigenvalue weighted by Gasteiger charge is 2.33. The van der Waals surface area contributed by atoms with E-state index in [0.717, 1.165) is 39.3 Å². The first-order valence-corrected chi connectivity index (χ1v) is 7.53. The van der Waals surface area contributed by atoms with Gasteiger partial charge in [0.25, 0.3) is 5.92 Å². The highest BCUT2D eigenvalue weighted by Crippen LogP contribution is 2.27. The number of halogens is 2. The van der Waals surface area contributed by atoms with Gasteiger partial charge in [0.15, 0.2) is 0 Å². The molecule has 0 aromatic heterocycles. The number of piperazine rings is 1. The Labute approximate surface area is 115 Å². The van der Waals surface area contributed by atoms with Crippen LogP contribution in [0.4, 0.5) is 8.78 Å². The van der Waals surface area contributed by atoms with Crippen LogP contribution < -0.4 is 0 Å². The average molecular weight is 275 g/mol. The van der Waals surface area contributed by atoms with E-state index in [0.29, 0.717) is 19.1 Å². The van der Waals surface area contributed by atoms with Gasteiger partial charge in [-0.1, -0.05) is 0 Å². The summed E-state index contributed by atoms with van der Waals surface area (Å²) >= 11 is 0. The summed E-state index contributed by atoms with van der Waals surface area (Å²) in [7, 11) is 0. The van der Waals surface area contributed by atoms with E-state index < -0.39 is 5.92 Å². The molecule has 2 heterocycles. The van der Waals surface area contributed by atoms with Crippen molar-refractivity contribution in [1.82, 2.24) is 14.7 Å². The summed E-state index contributed by atoms with van der Waals surface area (Å²) in [5, 5.41) is 0. The van der Waals surface area contributed by atoms with Crippen LogP contribution in [-0.2, 0) is 0 Å². The molecular weight excluding hydrogens is 248 g/mol. The Bertz CT molecular complexity index is 266. The van der Waals surface area contributed by atoms with Gasteiger partial charge in [-0.05, 0) is 13.8 Å². The Hall–Kier alpha value is -0.260. The monoisotopic (exact) mass is 275 g/mol. The second kappa shape index (κ2) is 6.46. The Morgan fingerprint density at radius 3 is 1.79 bits per heavy atom. The third kappa shape index (κ3) is 4.65. The van der Waals surface area contributed by atoms with Crippen LogP contribution >= 0.6 is 0 Å². The lowest BCUT2D eigenvalue weighted by Crippen LogP contribution is -2.51. The maximum absolute atomic E-state index is 13.0. The van der Waals surface area contributed by atoms with Gasteiger partial charge in [0, 0.05) is 71.2 Å².